The third-order valence-corrected chi connectivity index (χ3v) is 3.71. The molecule has 0 aliphatic carbocycles. The van der Waals surface area contributed by atoms with Crippen LogP contribution >= 0.6 is 23.2 Å². The van der Waals surface area contributed by atoms with Crippen molar-refractivity contribution >= 4 is 23.2 Å². The molecule has 1 atom stereocenters. The molecule has 88 valence electrons. The Kier molecular flexibility index (Phi) is 4.03. The molecule has 5 heteroatoms. The van der Waals surface area contributed by atoms with Gasteiger partial charge in [0, 0.05) is 19.3 Å². The van der Waals surface area contributed by atoms with Gasteiger partial charge in [-0.3, -0.25) is 5.43 Å². The first-order chi connectivity index (χ1) is 7.70. The summed E-state index contributed by atoms with van der Waals surface area (Å²) in [7, 11) is 1.95. The summed E-state index contributed by atoms with van der Waals surface area (Å²) in [4.78, 5) is 4.10. The van der Waals surface area contributed by atoms with Crippen LogP contribution in [0.25, 0.3) is 0 Å². The number of aromatic nitrogens is 1. The van der Waals surface area contributed by atoms with E-state index in [-0.39, 0.29) is 0 Å². The highest BCUT2D eigenvalue weighted by Crippen LogP contribution is 2.29. The summed E-state index contributed by atoms with van der Waals surface area (Å²) in [6.07, 6.45) is 4.20. The summed E-state index contributed by atoms with van der Waals surface area (Å²) in [6, 6.07) is 1.93. The van der Waals surface area contributed by atoms with Crippen molar-refractivity contribution in [2.75, 3.05) is 20.1 Å². The summed E-state index contributed by atoms with van der Waals surface area (Å²) in [5, 5.41) is 3.14. The molecule has 1 aromatic heterocycles. The van der Waals surface area contributed by atoms with Crippen molar-refractivity contribution in [1.82, 2.24) is 15.4 Å². The molecule has 0 unspecified atom stereocenters. The predicted octanol–water partition coefficient (Wildman–Crippen LogP) is 2.70. The highest BCUT2D eigenvalue weighted by molar-refractivity contribution is 6.41. The van der Waals surface area contributed by atoms with E-state index in [9.17, 15) is 0 Å². The highest BCUT2D eigenvalue weighted by Gasteiger charge is 2.21. The molecule has 1 aliphatic rings. The summed E-state index contributed by atoms with van der Waals surface area (Å²) in [5.74, 6) is 0.489. The van der Waals surface area contributed by atoms with Gasteiger partial charge < -0.3 is 0 Å². The van der Waals surface area contributed by atoms with Crippen molar-refractivity contribution in [2.45, 2.75) is 18.8 Å². The number of pyridine rings is 1. The van der Waals surface area contributed by atoms with Crippen LogP contribution in [0, 0.1) is 0 Å². The molecule has 1 aromatic rings. The number of halogens is 2. The van der Waals surface area contributed by atoms with Gasteiger partial charge in [-0.25, -0.2) is 9.99 Å². The molecular weight excluding hydrogens is 245 g/mol. The van der Waals surface area contributed by atoms with E-state index >= 15 is 0 Å². The zero-order chi connectivity index (χ0) is 11.5. The second-order valence-corrected chi connectivity index (χ2v) is 4.82. The highest BCUT2D eigenvalue weighted by atomic mass is 35.5. The topological polar surface area (TPSA) is 28.2 Å². The Morgan fingerprint density at radius 2 is 2.31 bits per heavy atom. The second-order valence-electron chi connectivity index (χ2n) is 4.05. The van der Waals surface area contributed by atoms with Crippen LogP contribution in [-0.2, 0) is 0 Å². The maximum absolute atomic E-state index is 5.98. The molecule has 1 fully saturated rings. The molecule has 0 bridgehead atoms. The van der Waals surface area contributed by atoms with E-state index in [0.29, 0.717) is 16.1 Å². The Morgan fingerprint density at radius 1 is 1.50 bits per heavy atom. The Labute approximate surface area is 106 Å². The van der Waals surface area contributed by atoms with Crippen molar-refractivity contribution in [3.05, 3.63) is 28.0 Å². The van der Waals surface area contributed by atoms with Crippen LogP contribution < -0.4 is 5.43 Å². The average Bonchev–Trinajstić information content (AvgIpc) is 2.33. The number of rotatable bonds is 2. The van der Waals surface area contributed by atoms with Crippen LogP contribution in [-0.4, -0.2) is 30.1 Å². The van der Waals surface area contributed by atoms with Gasteiger partial charge in [0.2, 0.25) is 0 Å². The summed E-state index contributed by atoms with van der Waals surface area (Å²) in [6.45, 7) is 2.10. The van der Waals surface area contributed by atoms with Crippen LogP contribution in [0.1, 0.15) is 24.3 Å². The van der Waals surface area contributed by atoms with Crippen molar-refractivity contribution in [1.29, 1.82) is 0 Å². The normalized spacial score (nSPS) is 22.3. The van der Waals surface area contributed by atoms with Gasteiger partial charge in [-0.2, -0.15) is 0 Å². The van der Waals surface area contributed by atoms with Gasteiger partial charge in [0.15, 0.2) is 0 Å². The van der Waals surface area contributed by atoms with E-state index in [1.54, 1.807) is 0 Å². The number of hydrogen-bond acceptors (Lipinski definition) is 3. The summed E-state index contributed by atoms with van der Waals surface area (Å²) < 4.78 is 0. The number of hydrazine groups is 1. The van der Waals surface area contributed by atoms with Gasteiger partial charge in [-0.05, 0) is 37.4 Å². The molecule has 16 heavy (non-hydrogen) atoms. The summed E-state index contributed by atoms with van der Waals surface area (Å²) >= 11 is 11.8. The van der Waals surface area contributed by atoms with Crippen LogP contribution in [0.3, 0.4) is 0 Å². The first-order valence-electron chi connectivity index (χ1n) is 5.44. The third-order valence-electron chi connectivity index (χ3n) is 3.03. The van der Waals surface area contributed by atoms with Crippen LogP contribution in [0.15, 0.2) is 12.3 Å². The van der Waals surface area contributed by atoms with Crippen molar-refractivity contribution in [3.63, 3.8) is 0 Å². The zero-order valence-corrected chi connectivity index (χ0v) is 10.7. The van der Waals surface area contributed by atoms with E-state index < -0.39 is 0 Å². The number of nitrogens with zero attached hydrogens (tertiary/aromatic N) is 2. The SMILES string of the molecule is CNN1CCC[C@H](c2cnc(Cl)c(Cl)c2)C1. The average molecular weight is 260 g/mol. The lowest BCUT2D eigenvalue weighted by Gasteiger charge is -2.32. The molecule has 0 spiro atoms. The van der Waals surface area contributed by atoms with Crippen molar-refractivity contribution in [2.24, 2.45) is 0 Å². The monoisotopic (exact) mass is 259 g/mol. The fourth-order valence-electron chi connectivity index (χ4n) is 2.11. The standard InChI is InChI=1S/C11H15Cl2N3/c1-14-16-4-2-3-8(7-16)9-5-10(12)11(13)15-6-9/h5-6,8,14H,2-4,7H2,1H3/t8-/m0/s1. The van der Waals surface area contributed by atoms with E-state index in [1.807, 2.05) is 19.3 Å². The van der Waals surface area contributed by atoms with Gasteiger partial charge in [0.1, 0.15) is 5.15 Å². The molecular formula is C11H15Cl2N3. The van der Waals surface area contributed by atoms with Crippen LogP contribution in [0.4, 0.5) is 0 Å². The lowest BCUT2D eigenvalue weighted by atomic mass is 9.92. The van der Waals surface area contributed by atoms with Crippen molar-refractivity contribution in [3.8, 4) is 0 Å². The molecule has 1 saturated heterocycles. The van der Waals surface area contributed by atoms with Crippen LogP contribution in [0.2, 0.25) is 10.2 Å². The Balaban J connectivity index is 2.13. The largest absolute Gasteiger partial charge is 0.258 e. The molecule has 0 amide bonds. The lowest BCUT2D eigenvalue weighted by Crippen LogP contribution is -2.42. The fraction of sp³-hybridized carbons (Fsp3) is 0.545. The predicted molar refractivity (Wildman–Crippen MR) is 66.9 cm³/mol. The number of piperidine rings is 1. The molecule has 2 heterocycles. The molecule has 3 nitrogen and oxygen atoms in total. The molecule has 1 aliphatic heterocycles. The maximum Gasteiger partial charge on any atom is 0.147 e. The number of hydrogen-bond donors (Lipinski definition) is 1. The number of nitrogens with one attached hydrogen (secondary N) is 1. The lowest BCUT2D eigenvalue weighted by molar-refractivity contribution is 0.154. The Hall–Kier alpha value is -0.350. The minimum absolute atomic E-state index is 0.381. The quantitative estimate of drug-likeness (QED) is 0.829. The van der Waals surface area contributed by atoms with E-state index in [4.69, 9.17) is 23.2 Å². The molecule has 1 N–H and O–H groups in total. The van der Waals surface area contributed by atoms with E-state index in [2.05, 4.69) is 15.4 Å². The minimum Gasteiger partial charge on any atom is -0.258 e. The third kappa shape index (κ3) is 2.66. The van der Waals surface area contributed by atoms with Crippen LogP contribution in [0.5, 0.6) is 0 Å². The molecule has 0 radical (unpaired) electrons. The van der Waals surface area contributed by atoms with Gasteiger partial charge >= 0.3 is 0 Å². The smallest absolute Gasteiger partial charge is 0.147 e. The Bertz CT molecular complexity index is 370. The first-order valence-corrected chi connectivity index (χ1v) is 6.19. The minimum atomic E-state index is 0.381. The molecule has 0 aromatic carbocycles. The van der Waals surface area contributed by atoms with Gasteiger partial charge in [0.25, 0.3) is 0 Å². The molecule has 0 saturated carbocycles. The van der Waals surface area contributed by atoms with Gasteiger partial charge in [-0.15, -0.1) is 0 Å². The van der Waals surface area contributed by atoms with E-state index in [1.165, 1.54) is 18.4 Å². The molecule has 2 rings (SSSR count). The van der Waals surface area contributed by atoms with Crippen molar-refractivity contribution < 1.29 is 0 Å². The maximum atomic E-state index is 5.98. The van der Waals surface area contributed by atoms with E-state index in [0.717, 1.165) is 13.1 Å². The van der Waals surface area contributed by atoms with Gasteiger partial charge in [0.05, 0.1) is 5.02 Å². The second kappa shape index (κ2) is 5.32. The fourth-order valence-corrected chi connectivity index (χ4v) is 2.39. The van der Waals surface area contributed by atoms with Gasteiger partial charge in [-0.1, -0.05) is 23.2 Å². The Morgan fingerprint density at radius 3 is 3.00 bits per heavy atom. The zero-order valence-electron chi connectivity index (χ0n) is 9.21. The first kappa shape index (κ1) is 12.1. The summed E-state index contributed by atoms with van der Waals surface area (Å²) in [5.41, 5.74) is 4.36.